The number of amides is 1. The normalized spacial score (nSPS) is 23.1. The van der Waals surface area contributed by atoms with E-state index in [-0.39, 0.29) is 24.0 Å². The van der Waals surface area contributed by atoms with Gasteiger partial charge < -0.3 is 14.2 Å². The molecule has 0 aliphatic carbocycles. The molecule has 0 spiro atoms. The highest BCUT2D eigenvalue weighted by Gasteiger charge is 2.40. The number of benzene rings is 1. The van der Waals surface area contributed by atoms with Crippen molar-refractivity contribution in [3.05, 3.63) is 35.7 Å². The molecule has 1 amide bonds. The van der Waals surface area contributed by atoms with Gasteiger partial charge in [0.15, 0.2) is 0 Å². The van der Waals surface area contributed by atoms with Crippen molar-refractivity contribution >= 4 is 11.7 Å². The van der Waals surface area contributed by atoms with Crippen molar-refractivity contribution in [2.45, 2.75) is 44.9 Å². The molecular weight excluding hydrogens is 325 g/mol. The van der Waals surface area contributed by atoms with Crippen LogP contribution in [-0.2, 0) is 9.47 Å². The second-order valence-corrected chi connectivity index (χ2v) is 7.39. The Morgan fingerprint density at radius 2 is 2.08 bits per heavy atom. The fourth-order valence-corrected chi connectivity index (χ4v) is 3.27. The van der Waals surface area contributed by atoms with Crippen LogP contribution in [-0.4, -0.2) is 49.0 Å². The first-order valence-electron chi connectivity index (χ1n) is 8.42. The first-order valence-corrected chi connectivity index (χ1v) is 8.42. The summed E-state index contributed by atoms with van der Waals surface area (Å²) in [6.07, 6.45) is 2.06. The quantitative estimate of drug-likeness (QED) is 0.818. The van der Waals surface area contributed by atoms with Crippen LogP contribution >= 0.6 is 0 Å². The lowest BCUT2D eigenvalue weighted by Gasteiger charge is -2.44. The number of hydrogen-bond acceptors (Lipinski definition) is 4. The van der Waals surface area contributed by atoms with Crippen molar-refractivity contribution < 1.29 is 23.4 Å². The highest BCUT2D eigenvalue weighted by atomic mass is 19.1. The largest absolute Gasteiger partial charge is 0.497 e. The molecule has 2 aliphatic heterocycles. The van der Waals surface area contributed by atoms with Gasteiger partial charge in [0.1, 0.15) is 17.2 Å². The number of halogens is 1. The third-order valence-corrected chi connectivity index (χ3v) is 4.32. The first kappa shape index (κ1) is 17.7. The van der Waals surface area contributed by atoms with Crippen molar-refractivity contribution in [1.29, 1.82) is 0 Å². The fraction of sp³-hybridized carbons (Fsp3) is 0.526. The topological polar surface area (TPSA) is 48.0 Å². The van der Waals surface area contributed by atoms with Crippen LogP contribution in [0.3, 0.4) is 0 Å². The van der Waals surface area contributed by atoms with Gasteiger partial charge in [-0.25, -0.2) is 9.18 Å². The predicted molar refractivity (Wildman–Crippen MR) is 92.0 cm³/mol. The molecule has 1 fully saturated rings. The van der Waals surface area contributed by atoms with E-state index in [4.69, 9.17) is 14.2 Å². The molecular formula is C19H24FNO4. The number of carbonyl (C=O) groups is 1. The molecule has 5 nitrogen and oxygen atoms in total. The smallest absolute Gasteiger partial charge is 0.411 e. The van der Waals surface area contributed by atoms with Crippen LogP contribution in [0.5, 0.6) is 5.75 Å². The highest BCUT2D eigenvalue weighted by molar-refractivity contribution is 5.75. The van der Waals surface area contributed by atoms with E-state index in [1.165, 1.54) is 6.07 Å². The van der Waals surface area contributed by atoms with E-state index in [1.54, 1.807) is 24.1 Å². The number of carbonyl (C=O) groups excluding carboxylic acids is 1. The third kappa shape index (κ3) is 3.79. The van der Waals surface area contributed by atoms with Gasteiger partial charge in [0.25, 0.3) is 0 Å². The van der Waals surface area contributed by atoms with Crippen molar-refractivity contribution in [2.75, 3.05) is 20.3 Å². The van der Waals surface area contributed by atoms with Gasteiger partial charge in [0, 0.05) is 5.56 Å². The Hall–Kier alpha value is -2.08. The van der Waals surface area contributed by atoms with E-state index in [0.29, 0.717) is 30.9 Å². The van der Waals surface area contributed by atoms with Gasteiger partial charge in [0.2, 0.25) is 0 Å². The summed E-state index contributed by atoms with van der Waals surface area (Å²) < 4.78 is 30.6. The number of fused-ring (bicyclic) bond motifs is 2. The van der Waals surface area contributed by atoms with Crippen LogP contribution in [0.2, 0.25) is 0 Å². The molecule has 0 saturated carbocycles. The van der Waals surface area contributed by atoms with Gasteiger partial charge in [-0.2, -0.15) is 0 Å². The van der Waals surface area contributed by atoms with Crippen LogP contribution in [0, 0.1) is 5.82 Å². The molecule has 25 heavy (non-hydrogen) atoms. The molecule has 6 heteroatoms. The monoisotopic (exact) mass is 349 g/mol. The molecule has 0 aromatic heterocycles. The maximum absolute atomic E-state index is 14.3. The molecule has 3 rings (SSSR count). The summed E-state index contributed by atoms with van der Waals surface area (Å²) in [6.45, 7) is 6.32. The summed E-state index contributed by atoms with van der Waals surface area (Å²) in [6, 6.07) is 4.27. The van der Waals surface area contributed by atoms with Gasteiger partial charge in [-0.3, -0.25) is 4.90 Å². The van der Waals surface area contributed by atoms with E-state index >= 15 is 0 Å². The first-order chi connectivity index (χ1) is 11.8. The van der Waals surface area contributed by atoms with E-state index in [2.05, 4.69) is 0 Å². The summed E-state index contributed by atoms with van der Waals surface area (Å²) in [5.74, 6) is 0.310. The second-order valence-electron chi connectivity index (χ2n) is 7.39. The zero-order chi connectivity index (χ0) is 18.2. The summed E-state index contributed by atoms with van der Waals surface area (Å²) in [4.78, 5) is 14.3. The lowest BCUT2D eigenvalue weighted by Crippen LogP contribution is -2.57. The molecule has 0 radical (unpaired) electrons. The number of hydrogen-bond donors (Lipinski definition) is 0. The average Bonchev–Trinajstić information content (AvgIpc) is 2.52. The van der Waals surface area contributed by atoms with Crippen LogP contribution in [0.15, 0.2) is 24.3 Å². The van der Waals surface area contributed by atoms with Gasteiger partial charge >= 0.3 is 6.09 Å². The number of ether oxygens (including phenoxy) is 3. The molecule has 2 atom stereocenters. The zero-order valence-electron chi connectivity index (χ0n) is 15.0. The molecule has 1 saturated heterocycles. The van der Waals surface area contributed by atoms with Crippen molar-refractivity contribution in [3.8, 4) is 5.75 Å². The average molecular weight is 349 g/mol. The molecule has 1 aromatic carbocycles. The molecule has 136 valence electrons. The summed E-state index contributed by atoms with van der Waals surface area (Å²) in [5, 5.41) is 0. The van der Waals surface area contributed by atoms with Gasteiger partial charge in [0.05, 0.1) is 32.4 Å². The van der Waals surface area contributed by atoms with Crippen molar-refractivity contribution in [2.24, 2.45) is 0 Å². The molecule has 2 unspecified atom stereocenters. The minimum atomic E-state index is -0.560. The SMILES string of the molecule is COc1ccc(F)c(C2=CC3COCC(C2)N3C(=O)OC(C)(C)C)c1. The Bertz CT molecular complexity index is 695. The Morgan fingerprint density at radius 1 is 1.32 bits per heavy atom. The molecule has 0 N–H and O–H groups in total. The molecule has 1 aromatic rings. The van der Waals surface area contributed by atoms with E-state index in [9.17, 15) is 9.18 Å². The fourth-order valence-electron chi connectivity index (χ4n) is 3.27. The lowest BCUT2D eigenvalue weighted by molar-refractivity contribution is -0.0510. The standard InChI is InChI=1S/C19H24FNO4/c1-19(2,3)25-18(22)21-13-7-12(8-14(21)11-24-10-13)16-9-15(23-4)5-6-17(16)20/h5-7,9,13-14H,8,10-11H2,1-4H3. The third-order valence-electron chi connectivity index (χ3n) is 4.32. The van der Waals surface area contributed by atoms with Gasteiger partial charge in [-0.1, -0.05) is 6.08 Å². The summed E-state index contributed by atoms with van der Waals surface area (Å²) >= 11 is 0. The number of rotatable bonds is 2. The number of methoxy groups -OCH3 is 1. The van der Waals surface area contributed by atoms with Crippen molar-refractivity contribution in [3.63, 3.8) is 0 Å². The molecule has 2 heterocycles. The van der Waals surface area contributed by atoms with Crippen LogP contribution in [0.4, 0.5) is 9.18 Å². The second kappa shape index (κ2) is 6.67. The van der Waals surface area contributed by atoms with Gasteiger partial charge in [-0.15, -0.1) is 0 Å². The van der Waals surface area contributed by atoms with Crippen LogP contribution in [0.1, 0.15) is 32.8 Å². The Balaban J connectivity index is 1.90. The van der Waals surface area contributed by atoms with Crippen molar-refractivity contribution in [1.82, 2.24) is 4.90 Å². The number of morpholine rings is 1. The minimum absolute atomic E-state index is 0.167. The van der Waals surface area contributed by atoms with E-state index in [0.717, 1.165) is 5.57 Å². The highest BCUT2D eigenvalue weighted by Crippen LogP contribution is 2.35. The van der Waals surface area contributed by atoms with E-state index in [1.807, 2.05) is 26.8 Å². The number of nitrogens with zero attached hydrogens (tertiary/aromatic N) is 1. The van der Waals surface area contributed by atoms with Crippen LogP contribution in [0.25, 0.3) is 5.57 Å². The van der Waals surface area contributed by atoms with E-state index < -0.39 is 5.60 Å². The Morgan fingerprint density at radius 3 is 2.72 bits per heavy atom. The Labute approximate surface area is 147 Å². The predicted octanol–water partition coefficient (Wildman–Crippen LogP) is 3.63. The summed E-state index contributed by atoms with van der Waals surface area (Å²) in [5.41, 5.74) is 0.824. The lowest BCUT2D eigenvalue weighted by atomic mass is 9.89. The van der Waals surface area contributed by atoms with Gasteiger partial charge in [-0.05, 0) is 51.0 Å². The molecule has 2 bridgehead atoms. The van der Waals surface area contributed by atoms with Crippen LogP contribution < -0.4 is 4.74 Å². The molecule has 2 aliphatic rings. The summed E-state index contributed by atoms with van der Waals surface area (Å²) in [7, 11) is 1.55. The zero-order valence-corrected chi connectivity index (χ0v) is 15.0. The maximum Gasteiger partial charge on any atom is 0.411 e. The Kier molecular flexibility index (Phi) is 4.73. The maximum atomic E-state index is 14.3. The minimum Gasteiger partial charge on any atom is -0.497 e.